The highest BCUT2D eigenvalue weighted by Crippen LogP contribution is 2.34. The second-order valence-corrected chi connectivity index (χ2v) is 3.52. The topological polar surface area (TPSA) is 46.2 Å². The second-order valence-electron chi connectivity index (χ2n) is 2.76. The van der Waals surface area contributed by atoms with Crippen molar-refractivity contribution in [3.05, 3.63) is 27.7 Å². The van der Waals surface area contributed by atoms with Gasteiger partial charge in [-0.15, -0.1) is 0 Å². The Morgan fingerprint density at radius 2 is 1.92 bits per heavy atom. The van der Waals surface area contributed by atoms with Gasteiger partial charge in [0, 0.05) is 0 Å². The van der Waals surface area contributed by atoms with E-state index in [9.17, 15) is 5.11 Å². The minimum Gasteiger partial charge on any atom is -0.506 e. The summed E-state index contributed by atoms with van der Waals surface area (Å²) in [6.45, 7) is 0.620. The van der Waals surface area contributed by atoms with Crippen LogP contribution in [0.1, 0.15) is 12.0 Å². The average molecular weight is 220 g/mol. The van der Waals surface area contributed by atoms with Gasteiger partial charge in [0.2, 0.25) is 0 Å². The normalized spacial score (nSPS) is 10.4. The van der Waals surface area contributed by atoms with Crippen molar-refractivity contribution in [3.8, 4) is 5.75 Å². The molecular weight excluding hydrogens is 209 g/mol. The second kappa shape index (κ2) is 4.70. The van der Waals surface area contributed by atoms with E-state index in [0.717, 1.165) is 18.4 Å². The molecule has 0 radical (unpaired) electrons. The molecule has 0 saturated carbocycles. The third-order valence-electron chi connectivity index (χ3n) is 1.79. The number of halogens is 2. The first-order chi connectivity index (χ1) is 6.16. The van der Waals surface area contributed by atoms with Crippen LogP contribution >= 0.6 is 23.2 Å². The zero-order valence-electron chi connectivity index (χ0n) is 7.06. The Balaban J connectivity index is 2.90. The lowest BCUT2D eigenvalue weighted by Gasteiger charge is -2.05. The fraction of sp³-hybridized carbons (Fsp3) is 0.333. The zero-order chi connectivity index (χ0) is 9.84. The SMILES string of the molecule is NCCCc1ccc(O)c(Cl)c1Cl. The minimum absolute atomic E-state index is 0.0168. The zero-order valence-corrected chi connectivity index (χ0v) is 8.57. The Hall–Kier alpha value is -0.440. The van der Waals surface area contributed by atoms with Gasteiger partial charge in [0.25, 0.3) is 0 Å². The molecule has 13 heavy (non-hydrogen) atoms. The van der Waals surface area contributed by atoms with E-state index in [0.29, 0.717) is 11.6 Å². The van der Waals surface area contributed by atoms with Crippen LogP contribution in [0.3, 0.4) is 0 Å². The lowest BCUT2D eigenvalue weighted by Crippen LogP contribution is -2.00. The highest BCUT2D eigenvalue weighted by atomic mass is 35.5. The summed E-state index contributed by atoms with van der Waals surface area (Å²) in [5.74, 6) is 0.0168. The van der Waals surface area contributed by atoms with Crippen LogP contribution in [0.2, 0.25) is 10.0 Å². The van der Waals surface area contributed by atoms with Crippen molar-refractivity contribution < 1.29 is 5.11 Å². The molecule has 1 aromatic carbocycles. The van der Waals surface area contributed by atoms with Crippen molar-refractivity contribution in [1.82, 2.24) is 0 Å². The number of benzene rings is 1. The average Bonchev–Trinajstić information content (AvgIpc) is 2.13. The number of rotatable bonds is 3. The maximum Gasteiger partial charge on any atom is 0.135 e. The van der Waals surface area contributed by atoms with Crippen LogP contribution in [0.15, 0.2) is 12.1 Å². The maximum absolute atomic E-state index is 9.21. The van der Waals surface area contributed by atoms with Crippen LogP contribution in [0.4, 0.5) is 0 Å². The molecule has 0 aliphatic carbocycles. The first-order valence-corrected chi connectivity index (χ1v) is 4.78. The van der Waals surface area contributed by atoms with Crippen LogP contribution in [0, 0.1) is 0 Å². The van der Waals surface area contributed by atoms with Gasteiger partial charge in [-0.25, -0.2) is 0 Å². The molecule has 3 N–H and O–H groups in total. The van der Waals surface area contributed by atoms with Crippen molar-refractivity contribution in [2.24, 2.45) is 5.73 Å². The summed E-state index contributed by atoms with van der Waals surface area (Å²) in [4.78, 5) is 0. The van der Waals surface area contributed by atoms with E-state index in [1.165, 1.54) is 0 Å². The Labute approximate surface area is 87.3 Å². The maximum atomic E-state index is 9.21. The third kappa shape index (κ3) is 2.50. The molecule has 2 nitrogen and oxygen atoms in total. The molecule has 0 unspecified atom stereocenters. The van der Waals surface area contributed by atoms with Crippen LogP contribution in [0.25, 0.3) is 0 Å². The molecule has 0 aliphatic rings. The van der Waals surface area contributed by atoms with Crippen molar-refractivity contribution in [2.75, 3.05) is 6.54 Å². The monoisotopic (exact) mass is 219 g/mol. The first-order valence-electron chi connectivity index (χ1n) is 4.02. The Bertz CT molecular complexity index is 302. The number of nitrogens with two attached hydrogens (primary N) is 1. The van der Waals surface area contributed by atoms with Gasteiger partial charge >= 0.3 is 0 Å². The third-order valence-corrected chi connectivity index (χ3v) is 2.70. The molecular formula is C9H11Cl2NO. The van der Waals surface area contributed by atoms with Gasteiger partial charge in [0.1, 0.15) is 10.8 Å². The Kier molecular flexibility index (Phi) is 3.85. The summed E-state index contributed by atoms with van der Waals surface area (Å²) in [7, 11) is 0. The number of aryl methyl sites for hydroxylation is 1. The van der Waals surface area contributed by atoms with E-state index in [2.05, 4.69) is 0 Å². The molecule has 1 aromatic rings. The summed E-state index contributed by atoms with van der Waals surface area (Å²) >= 11 is 11.7. The van der Waals surface area contributed by atoms with E-state index in [-0.39, 0.29) is 10.8 Å². The molecule has 0 fully saturated rings. The molecule has 0 spiro atoms. The molecule has 0 aromatic heterocycles. The molecule has 0 saturated heterocycles. The molecule has 72 valence electrons. The molecule has 1 rings (SSSR count). The summed E-state index contributed by atoms with van der Waals surface area (Å²) < 4.78 is 0. The Morgan fingerprint density at radius 3 is 2.54 bits per heavy atom. The van der Waals surface area contributed by atoms with Crippen LogP contribution in [0.5, 0.6) is 5.75 Å². The number of phenols is 1. The van der Waals surface area contributed by atoms with Gasteiger partial charge in [-0.05, 0) is 31.0 Å². The molecule has 0 heterocycles. The van der Waals surface area contributed by atoms with Crippen molar-refractivity contribution in [2.45, 2.75) is 12.8 Å². The van der Waals surface area contributed by atoms with E-state index >= 15 is 0 Å². The molecule has 0 atom stereocenters. The van der Waals surface area contributed by atoms with Gasteiger partial charge in [-0.3, -0.25) is 0 Å². The Morgan fingerprint density at radius 1 is 1.23 bits per heavy atom. The highest BCUT2D eigenvalue weighted by Gasteiger charge is 2.08. The lowest BCUT2D eigenvalue weighted by atomic mass is 10.1. The first kappa shape index (κ1) is 10.6. The van der Waals surface area contributed by atoms with Gasteiger partial charge in [0.15, 0.2) is 0 Å². The van der Waals surface area contributed by atoms with E-state index in [4.69, 9.17) is 28.9 Å². The van der Waals surface area contributed by atoms with E-state index in [1.807, 2.05) is 0 Å². The van der Waals surface area contributed by atoms with Crippen molar-refractivity contribution >= 4 is 23.2 Å². The summed E-state index contributed by atoms with van der Waals surface area (Å²) in [6.07, 6.45) is 1.65. The van der Waals surface area contributed by atoms with Gasteiger partial charge in [-0.1, -0.05) is 29.3 Å². The number of aromatic hydroxyl groups is 1. The van der Waals surface area contributed by atoms with Gasteiger partial charge in [0.05, 0.1) is 5.02 Å². The molecule has 0 aliphatic heterocycles. The number of phenolic OH excluding ortho intramolecular Hbond substituents is 1. The fourth-order valence-corrected chi connectivity index (χ4v) is 1.50. The standard InChI is InChI=1S/C9H11Cl2NO/c10-8-6(2-1-5-12)3-4-7(13)9(8)11/h3-4,13H,1-2,5,12H2. The van der Waals surface area contributed by atoms with Crippen LogP contribution in [-0.4, -0.2) is 11.7 Å². The quantitative estimate of drug-likeness (QED) is 0.822. The largest absolute Gasteiger partial charge is 0.506 e. The lowest BCUT2D eigenvalue weighted by molar-refractivity contribution is 0.475. The van der Waals surface area contributed by atoms with Gasteiger partial charge < -0.3 is 10.8 Å². The smallest absolute Gasteiger partial charge is 0.135 e. The number of hydrogen-bond donors (Lipinski definition) is 2. The highest BCUT2D eigenvalue weighted by molar-refractivity contribution is 6.43. The molecule has 0 bridgehead atoms. The summed E-state index contributed by atoms with van der Waals surface area (Å²) in [5.41, 5.74) is 6.29. The minimum atomic E-state index is 0.0168. The van der Waals surface area contributed by atoms with Crippen LogP contribution < -0.4 is 5.73 Å². The molecule has 0 amide bonds. The van der Waals surface area contributed by atoms with Gasteiger partial charge in [-0.2, -0.15) is 0 Å². The fourth-order valence-electron chi connectivity index (χ4n) is 1.06. The van der Waals surface area contributed by atoms with Crippen molar-refractivity contribution in [1.29, 1.82) is 0 Å². The van der Waals surface area contributed by atoms with E-state index in [1.54, 1.807) is 12.1 Å². The number of hydrogen-bond acceptors (Lipinski definition) is 2. The van der Waals surface area contributed by atoms with Crippen LogP contribution in [-0.2, 0) is 6.42 Å². The van der Waals surface area contributed by atoms with Crippen molar-refractivity contribution in [3.63, 3.8) is 0 Å². The molecule has 4 heteroatoms. The predicted molar refractivity (Wildman–Crippen MR) is 55.5 cm³/mol. The summed E-state index contributed by atoms with van der Waals surface area (Å²) in [5, 5.41) is 9.85. The predicted octanol–water partition coefficient (Wildman–Crippen LogP) is 2.59. The summed E-state index contributed by atoms with van der Waals surface area (Å²) in [6, 6.07) is 3.30. The van der Waals surface area contributed by atoms with E-state index < -0.39 is 0 Å².